The summed E-state index contributed by atoms with van der Waals surface area (Å²) in [6.07, 6.45) is 4.20. The summed E-state index contributed by atoms with van der Waals surface area (Å²) < 4.78 is 0. The number of aryl methyl sites for hydroxylation is 1. The van der Waals surface area contributed by atoms with Crippen molar-refractivity contribution in [3.8, 4) is 0 Å². The van der Waals surface area contributed by atoms with Crippen LogP contribution >= 0.6 is 0 Å². The van der Waals surface area contributed by atoms with Gasteiger partial charge in [-0.15, -0.1) is 0 Å². The lowest BCUT2D eigenvalue weighted by molar-refractivity contribution is -0.122. The van der Waals surface area contributed by atoms with E-state index in [0.29, 0.717) is 19.0 Å². The highest BCUT2D eigenvalue weighted by molar-refractivity contribution is 5.81. The van der Waals surface area contributed by atoms with Crippen LogP contribution in [0, 0.1) is 5.92 Å². The second-order valence-corrected chi connectivity index (χ2v) is 6.99. The molecule has 0 spiro atoms. The fraction of sp³-hybridized carbons (Fsp3) is 0.600. The first-order valence-electron chi connectivity index (χ1n) is 9.41. The third kappa shape index (κ3) is 7.16. The van der Waals surface area contributed by atoms with Crippen molar-refractivity contribution in [2.45, 2.75) is 45.4 Å². The summed E-state index contributed by atoms with van der Waals surface area (Å²) in [5.74, 6) is 1.83. The Balaban J connectivity index is 1.56. The van der Waals surface area contributed by atoms with Crippen LogP contribution in [0.25, 0.3) is 0 Å². The predicted molar refractivity (Wildman–Crippen MR) is 104 cm³/mol. The van der Waals surface area contributed by atoms with E-state index in [0.717, 1.165) is 38.2 Å². The van der Waals surface area contributed by atoms with Gasteiger partial charge in [-0.3, -0.25) is 9.79 Å². The number of hydrogen-bond acceptors (Lipinski definition) is 2. The summed E-state index contributed by atoms with van der Waals surface area (Å²) in [6, 6.07) is 8.91. The molecule has 0 radical (unpaired) electrons. The minimum Gasteiger partial charge on any atom is -0.356 e. The number of nitrogens with zero attached hydrogens (tertiary/aromatic N) is 1. The van der Waals surface area contributed by atoms with E-state index in [-0.39, 0.29) is 11.8 Å². The van der Waals surface area contributed by atoms with E-state index in [1.807, 2.05) is 0 Å². The van der Waals surface area contributed by atoms with Crippen LogP contribution in [0.4, 0.5) is 0 Å². The maximum atomic E-state index is 11.5. The Morgan fingerprint density at radius 2 is 1.72 bits per heavy atom. The van der Waals surface area contributed by atoms with Gasteiger partial charge >= 0.3 is 0 Å². The molecule has 1 aromatic carbocycles. The Morgan fingerprint density at radius 3 is 2.32 bits per heavy atom. The molecule has 1 fully saturated rings. The Morgan fingerprint density at radius 1 is 1.08 bits per heavy atom. The van der Waals surface area contributed by atoms with Crippen molar-refractivity contribution in [1.82, 2.24) is 16.0 Å². The maximum absolute atomic E-state index is 11.5. The zero-order valence-corrected chi connectivity index (χ0v) is 15.8. The Labute approximate surface area is 151 Å². The normalized spacial score (nSPS) is 14.5. The van der Waals surface area contributed by atoms with Gasteiger partial charge in [-0.25, -0.2) is 0 Å². The molecule has 1 saturated carbocycles. The highest BCUT2D eigenvalue weighted by atomic mass is 16.2. The summed E-state index contributed by atoms with van der Waals surface area (Å²) in [7, 11) is 1.77. The quantitative estimate of drug-likeness (QED) is 0.366. The summed E-state index contributed by atoms with van der Waals surface area (Å²) in [5.41, 5.74) is 2.76. The van der Waals surface area contributed by atoms with Crippen molar-refractivity contribution in [2.24, 2.45) is 10.9 Å². The smallest absolute Gasteiger partial charge is 0.223 e. The molecule has 0 aromatic heterocycles. The Bertz CT molecular complexity index is 562. The van der Waals surface area contributed by atoms with Crippen LogP contribution in [0.3, 0.4) is 0 Å². The van der Waals surface area contributed by atoms with Gasteiger partial charge in [0.2, 0.25) is 5.91 Å². The zero-order valence-electron chi connectivity index (χ0n) is 15.8. The molecule has 1 amide bonds. The standard InChI is InChI=1S/C20H32N4O/c1-15(2)17-8-6-16(7-9-17)5-4-12-23-20(21-3)24-14-13-22-19(25)18-10-11-18/h6-9,15,18H,4-5,10-14H2,1-3H3,(H,22,25)(H2,21,23,24). The van der Waals surface area contributed by atoms with E-state index < -0.39 is 0 Å². The summed E-state index contributed by atoms with van der Waals surface area (Å²) >= 11 is 0. The fourth-order valence-electron chi connectivity index (χ4n) is 2.65. The molecule has 5 heteroatoms. The van der Waals surface area contributed by atoms with E-state index in [2.05, 4.69) is 59.1 Å². The van der Waals surface area contributed by atoms with Crippen LogP contribution < -0.4 is 16.0 Å². The molecule has 5 nitrogen and oxygen atoms in total. The molecular weight excluding hydrogens is 312 g/mol. The van der Waals surface area contributed by atoms with Gasteiger partial charge in [-0.05, 0) is 42.7 Å². The molecule has 0 bridgehead atoms. The molecule has 0 unspecified atom stereocenters. The number of benzene rings is 1. The monoisotopic (exact) mass is 344 g/mol. The second kappa shape index (κ2) is 10.1. The van der Waals surface area contributed by atoms with Gasteiger partial charge in [0.25, 0.3) is 0 Å². The minimum absolute atomic E-state index is 0.188. The average Bonchev–Trinajstić information content (AvgIpc) is 3.45. The summed E-state index contributed by atoms with van der Waals surface area (Å²) in [6.45, 7) is 6.64. The minimum atomic E-state index is 0.188. The van der Waals surface area contributed by atoms with Crippen LogP contribution in [0.15, 0.2) is 29.3 Å². The van der Waals surface area contributed by atoms with Crippen molar-refractivity contribution in [3.63, 3.8) is 0 Å². The molecule has 1 aromatic rings. The van der Waals surface area contributed by atoms with Gasteiger partial charge in [0.05, 0.1) is 0 Å². The van der Waals surface area contributed by atoms with E-state index >= 15 is 0 Å². The van der Waals surface area contributed by atoms with Gasteiger partial charge < -0.3 is 16.0 Å². The van der Waals surface area contributed by atoms with Crippen molar-refractivity contribution in [1.29, 1.82) is 0 Å². The highest BCUT2D eigenvalue weighted by Crippen LogP contribution is 2.28. The summed E-state index contributed by atoms with van der Waals surface area (Å²) in [5, 5.41) is 9.49. The van der Waals surface area contributed by atoms with E-state index in [1.54, 1.807) is 7.05 Å². The molecule has 138 valence electrons. The highest BCUT2D eigenvalue weighted by Gasteiger charge is 2.28. The number of carbonyl (C=O) groups is 1. The van der Waals surface area contributed by atoms with Gasteiger partial charge in [-0.2, -0.15) is 0 Å². The SMILES string of the molecule is CN=C(NCCCc1ccc(C(C)C)cc1)NCCNC(=O)C1CC1. The number of guanidine groups is 1. The molecule has 1 aliphatic carbocycles. The third-order valence-electron chi connectivity index (χ3n) is 4.47. The number of hydrogen-bond donors (Lipinski definition) is 3. The molecule has 0 aliphatic heterocycles. The average molecular weight is 345 g/mol. The molecule has 0 atom stereocenters. The number of amides is 1. The molecule has 0 saturated heterocycles. The number of carbonyl (C=O) groups excluding carboxylic acids is 1. The number of rotatable bonds is 9. The van der Waals surface area contributed by atoms with E-state index in [1.165, 1.54) is 11.1 Å². The van der Waals surface area contributed by atoms with E-state index in [4.69, 9.17) is 0 Å². The van der Waals surface area contributed by atoms with Crippen molar-refractivity contribution in [3.05, 3.63) is 35.4 Å². The first-order valence-corrected chi connectivity index (χ1v) is 9.41. The fourth-order valence-corrected chi connectivity index (χ4v) is 2.65. The van der Waals surface area contributed by atoms with Crippen molar-refractivity contribution >= 4 is 11.9 Å². The maximum Gasteiger partial charge on any atom is 0.223 e. The molecule has 0 heterocycles. The lowest BCUT2D eigenvalue weighted by atomic mass is 10.0. The largest absolute Gasteiger partial charge is 0.356 e. The van der Waals surface area contributed by atoms with Crippen LogP contribution in [-0.2, 0) is 11.2 Å². The van der Waals surface area contributed by atoms with Gasteiger partial charge in [0, 0.05) is 32.6 Å². The van der Waals surface area contributed by atoms with Crippen molar-refractivity contribution in [2.75, 3.05) is 26.7 Å². The van der Waals surface area contributed by atoms with Crippen LogP contribution in [0.1, 0.15) is 50.2 Å². The second-order valence-electron chi connectivity index (χ2n) is 6.99. The molecule has 25 heavy (non-hydrogen) atoms. The summed E-state index contributed by atoms with van der Waals surface area (Å²) in [4.78, 5) is 15.7. The van der Waals surface area contributed by atoms with Gasteiger partial charge in [0.1, 0.15) is 0 Å². The van der Waals surface area contributed by atoms with Gasteiger partial charge in [-0.1, -0.05) is 38.1 Å². The lowest BCUT2D eigenvalue weighted by Gasteiger charge is -2.12. The predicted octanol–water partition coefficient (Wildman–Crippen LogP) is 2.43. The number of nitrogens with one attached hydrogen (secondary N) is 3. The molecule has 3 N–H and O–H groups in total. The van der Waals surface area contributed by atoms with Gasteiger partial charge in [0.15, 0.2) is 5.96 Å². The first kappa shape index (κ1) is 19.3. The van der Waals surface area contributed by atoms with Crippen molar-refractivity contribution < 1.29 is 4.79 Å². The van der Waals surface area contributed by atoms with Crippen LogP contribution in [0.2, 0.25) is 0 Å². The topological polar surface area (TPSA) is 65.5 Å². The first-order chi connectivity index (χ1) is 12.1. The third-order valence-corrected chi connectivity index (χ3v) is 4.47. The van der Waals surface area contributed by atoms with Crippen LogP contribution in [-0.4, -0.2) is 38.5 Å². The molecule has 2 rings (SSSR count). The van der Waals surface area contributed by atoms with E-state index in [9.17, 15) is 4.79 Å². The lowest BCUT2D eigenvalue weighted by Crippen LogP contribution is -2.42. The van der Waals surface area contributed by atoms with Crippen LogP contribution in [0.5, 0.6) is 0 Å². The number of aliphatic imine (C=N–C) groups is 1. The molecule has 1 aliphatic rings. The zero-order chi connectivity index (χ0) is 18.1. The Hall–Kier alpha value is -2.04. The Kier molecular flexibility index (Phi) is 7.76. The molecular formula is C20H32N4O.